The van der Waals surface area contributed by atoms with Crippen molar-refractivity contribution < 1.29 is 14.0 Å². The van der Waals surface area contributed by atoms with E-state index < -0.39 is 5.91 Å². The summed E-state index contributed by atoms with van der Waals surface area (Å²) in [7, 11) is 4.00. The maximum Gasteiger partial charge on any atom is 0.291 e. The number of hydrogen-bond acceptors (Lipinski definition) is 3. The molecule has 0 spiro atoms. The second-order valence-corrected chi connectivity index (χ2v) is 8.05. The lowest BCUT2D eigenvalue weighted by molar-refractivity contribution is -0.150. The Hall–Kier alpha value is -2.53. The zero-order valence-corrected chi connectivity index (χ0v) is 16.3. The number of carbonyl (C=O) groups excluding carboxylic acids is 2. The predicted molar refractivity (Wildman–Crippen MR) is 105 cm³/mol. The molecule has 5 heteroatoms. The molecule has 0 saturated heterocycles. The highest BCUT2D eigenvalue weighted by Gasteiger charge is 2.42. The molecule has 1 atom stereocenters. The van der Waals surface area contributed by atoms with Gasteiger partial charge in [0, 0.05) is 18.5 Å². The van der Waals surface area contributed by atoms with E-state index >= 15 is 0 Å². The van der Waals surface area contributed by atoms with Crippen molar-refractivity contribution in [3.05, 3.63) is 71.0 Å². The quantitative estimate of drug-likeness (QED) is 0.765. The Labute approximate surface area is 164 Å². The summed E-state index contributed by atoms with van der Waals surface area (Å²) in [5.74, 6) is -1.20. The fraction of sp³-hybridized carbons (Fsp3) is 0.391. The SMILES string of the molecule is CN(C)[C@H]1C[C@H](C(=O)C(=O)N2CCc3ccccc3[C@@H]2c2ccc(F)cc2)C1. The van der Waals surface area contributed by atoms with Gasteiger partial charge in [0.2, 0.25) is 5.78 Å². The van der Waals surface area contributed by atoms with Gasteiger partial charge in [0.15, 0.2) is 0 Å². The topological polar surface area (TPSA) is 40.6 Å². The van der Waals surface area contributed by atoms with E-state index in [0.717, 1.165) is 30.4 Å². The molecule has 2 aromatic rings. The zero-order chi connectivity index (χ0) is 19.8. The predicted octanol–water partition coefficient (Wildman–Crippen LogP) is 3.21. The van der Waals surface area contributed by atoms with Gasteiger partial charge in [-0.3, -0.25) is 9.59 Å². The molecule has 0 unspecified atom stereocenters. The van der Waals surface area contributed by atoms with Crippen LogP contribution in [0.15, 0.2) is 48.5 Å². The molecule has 0 bridgehead atoms. The summed E-state index contributed by atoms with van der Waals surface area (Å²) in [4.78, 5) is 29.8. The first-order valence-corrected chi connectivity index (χ1v) is 9.80. The maximum atomic E-state index is 13.5. The highest BCUT2D eigenvalue weighted by atomic mass is 19.1. The van der Waals surface area contributed by atoms with Crippen LogP contribution in [0.5, 0.6) is 0 Å². The fourth-order valence-electron chi connectivity index (χ4n) is 4.33. The highest BCUT2D eigenvalue weighted by molar-refractivity contribution is 6.37. The van der Waals surface area contributed by atoms with Crippen LogP contribution in [0.2, 0.25) is 0 Å². The van der Waals surface area contributed by atoms with Crippen molar-refractivity contribution in [3.63, 3.8) is 0 Å². The molecule has 1 heterocycles. The smallest absolute Gasteiger partial charge is 0.291 e. The molecule has 1 aliphatic heterocycles. The summed E-state index contributed by atoms with van der Waals surface area (Å²) >= 11 is 0. The molecule has 1 aliphatic carbocycles. The average Bonchev–Trinajstić information content (AvgIpc) is 2.65. The van der Waals surface area contributed by atoms with Gasteiger partial charge >= 0.3 is 0 Å². The van der Waals surface area contributed by atoms with Crippen molar-refractivity contribution in [2.45, 2.75) is 31.3 Å². The van der Waals surface area contributed by atoms with Gasteiger partial charge in [-0.2, -0.15) is 0 Å². The first-order chi connectivity index (χ1) is 13.5. The number of hydrogen-bond donors (Lipinski definition) is 0. The third-order valence-corrected chi connectivity index (χ3v) is 6.16. The fourth-order valence-corrected chi connectivity index (χ4v) is 4.33. The number of ketones is 1. The number of benzene rings is 2. The minimum absolute atomic E-state index is 0.189. The van der Waals surface area contributed by atoms with Gasteiger partial charge in [0.1, 0.15) is 5.82 Å². The monoisotopic (exact) mass is 380 g/mol. The molecule has 146 valence electrons. The minimum Gasteiger partial charge on any atom is -0.325 e. The van der Waals surface area contributed by atoms with E-state index in [4.69, 9.17) is 0 Å². The molecule has 0 aromatic heterocycles. The van der Waals surface area contributed by atoms with E-state index in [1.54, 1.807) is 17.0 Å². The molecule has 2 aromatic carbocycles. The van der Waals surface area contributed by atoms with Crippen molar-refractivity contribution in [1.29, 1.82) is 0 Å². The molecule has 0 N–H and O–H groups in total. The van der Waals surface area contributed by atoms with Crippen molar-refractivity contribution in [2.24, 2.45) is 5.92 Å². The van der Waals surface area contributed by atoms with Gasteiger partial charge in [-0.25, -0.2) is 4.39 Å². The van der Waals surface area contributed by atoms with Gasteiger partial charge in [0.05, 0.1) is 6.04 Å². The lowest BCUT2D eigenvalue weighted by atomic mass is 9.76. The maximum absolute atomic E-state index is 13.5. The van der Waals surface area contributed by atoms with E-state index in [0.29, 0.717) is 12.6 Å². The number of amides is 1. The van der Waals surface area contributed by atoms with Crippen molar-refractivity contribution in [2.75, 3.05) is 20.6 Å². The minimum atomic E-state index is -0.411. The summed E-state index contributed by atoms with van der Waals surface area (Å²) in [5.41, 5.74) is 3.01. The third-order valence-electron chi connectivity index (χ3n) is 6.16. The van der Waals surface area contributed by atoms with Crippen LogP contribution >= 0.6 is 0 Å². The summed E-state index contributed by atoms with van der Waals surface area (Å²) in [5, 5.41) is 0. The zero-order valence-electron chi connectivity index (χ0n) is 16.3. The number of fused-ring (bicyclic) bond motifs is 1. The van der Waals surface area contributed by atoms with Crippen LogP contribution in [0.4, 0.5) is 4.39 Å². The molecule has 4 nitrogen and oxygen atoms in total. The first kappa shape index (κ1) is 18.8. The Morgan fingerprint density at radius 3 is 2.39 bits per heavy atom. The summed E-state index contributed by atoms with van der Waals surface area (Å²) in [6.07, 6.45) is 2.20. The number of Topliss-reactive ketones (excluding diaryl/α,β-unsaturated/α-hetero) is 1. The van der Waals surface area contributed by atoms with E-state index in [-0.39, 0.29) is 23.6 Å². The van der Waals surface area contributed by atoms with Crippen LogP contribution in [-0.4, -0.2) is 48.2 Å². The molecule has 2 aliphatic rings. The van der Waals surface area contributed by atoms with Crippen LogP contribution in [-0.2, 0) is 16.0 Å². The van der Waals surface area contributed by atoms with Crippen LogP contribution in [0.25, 0.3) is 0 Å². The van der Waals surface area contributed by atoms with E-state index in [2.05, 4.69) is 11.0 Å². The Balaban J connectivity index is 1.62. The second kappa shape index (κ2) is 7.47. The van der Waals surface area contributed by atoms with Crippen LogP contribution in [0, 0.1) is 11.7 Å². The van der Waals surface area contributed by atoms with Crippen molar-refractivity contribution >= 4 is 11.7 Å². The summed E-state index contributed by atoms with van der Waals surface area (Å²) < 4.78 is 13.5. The summed E-state index contributed by atoms with van der Waals surface area (Å²) in [6, 6.07) is 14.2. The second-order valence-electron chi connectivity index (χ2n) is 8.05. The van der Waals surface area contributed by atoms with Crippen LogP contribution in [0.3, 0.4) is 0 Å². The average molecular weight is 380 g/mol. The van der Waals surface area contributed by atoms with E-state index in [1.165, 1.54) is 17.7 Å². The first-order valence-electron chi connectivity index (χ1n) is 9.80. The Kier molecular flexibility index (Phi) is 5.02. The van der Waals surface area contributed by atoms with Crippen LogP contribution < -0.4 is 0 Å². The van der Waals surface area contributed by atoms with Gasteiger partial charge < -0.3 is 9.80 Å². The van der Waals surface area contributed by atoms with Gasteiger partial charge in [-0.15, -0.1) is 0 Å². The van der Waals surface area contributed by atoms with E-state index in [1.807, 2.05) is 32.3 Å². The van der Waals surface area contributed by atoms with Crippen molar-refractivity contribution in [1.82, 2.24) is 9.80 Å². The molecule has 1 fully saturated rings. The number of carbonyl (C=O) groups is 2. The molecule has 28 heavy (non-hydrogen) atoms. The molecular formula is C23H25FN2O2. The van der Waals surface area contributed by atoms with Gasteiger partial charge in [-0.05, 0) is 62.2 Å². The van der Waals surface area contributed by atoms with Gasteiger partial charge in [0.25, 0.3) is 5.91 Å². The van der Waals surface area contributed by atoms with E-state index in [9.17, 15) is 14.0 Å². The lowest BCUT2D eigenvalue weighted by Gasteiger charge is -2.41. The third kappa shape index (κ3) is 3.35. The highest BCUT2D eigenvalue weighted by Crippen LogP contribution is 2.37. The van der Waals surface area contributed by atoms with Crippen molar-refractivity contribution in [3.8, 4) is 0 Å². The summed E-state index contributed by atoms with van der Waals surface area (Å²) in [6.45, 7) is 0.494. The normalized spacial score (nSPS) is 23.9. The number of rotatable bonds is 4. The molecule has 0 radical (unpaired) electrons. The largest absolute Gasteiger partial charge is 0.325 e. The number of halogens is 1. The lowest BCUT2D eigenvalue weighted by Crippen LogP contribution is -2.50. The Morgan fingerprint density at radius 2 is 1.71 bits per heavy atom. The number of nitrogens with zero attached hydrogens (tertiary/aromatic N) is 2. The van der Waals surface area contributed by atoms with Crippen LogP contribution in [0.1, 0.15) is 35.6 Å². The Bertz CT molecular complexity index is 888. The molecule has 1 saturated carbocycles. The standard InChI is InChI=1S/C23H25FN2O2/c1-25(2)19-13-17(14-19)22(27)23(28)26-12-11-15-5-3-4-6-20(15)21(26)16-7-9-18(24)10-8-16/h3-10,17,19,21H,11-14H2,1-2H3/t17-,19-,21-/m0/s1. The Morgan fingerprint density at radius 1 is 1.04 bits per heavy atom. The van der Waals surface area contributed by atoms with Gasteiger partial charge in [-0.1, -0.05) is 36.4 Å². The molecular weight excluding hydrogens is 355 g/mol. The molecule has 4 rings (SSSR count). The molecule has 1 amide bonds.